The second-order valence-corrected chi connectivity index (χ2v) is 8.17. The number of benzene rings is 1. The van der Waals surface area contributed by atoms with Gasteiger partial charge in [-0.1, -0.05) is 63.3 Å². The molecule has 0 bridgehead atoms. The predicted octanol–water partition coefficient (Wildman–Crippen LogP) is 6.48. The lowest BCUT2D eigenvalue weighted by molar-refractivity contribution is 0.125. The lowest BCUT2D eigenvalue weighted by atomic mass is 9.93. The van der Waals surface area contributed by atoms with Crippen LogP contribution in [0, 0.1) is 12.5 Å². The number of hydrogen-bond acceptors (Lipinski definition) is 2. The van der Waals surface area contributed by atoms with Crippen LogP contribution in [0.2, 0.25) is 0 Å². The van der Waals surface area contributed by atoms with Crippen molar-refractivity contribution in [2.45, 2.75) is 90.4 Å². The van der Waals surface area contributed by atoms with Crippen LogP contribution in [0.5, 0.6) is 0 Å². The van der Waals surface area contributed by atoms with Crippen molar-refractivity contribution in [1.82, 2.24) is 5.32 Å². The molecule has 0 aromatic heterocycles. The van der Waals surface area contributed by atoms with E-state index in [0.29, 0.717) is 0 Å². The standard InChI is InChI=1S/C25H42NO/c1-2-23-15-17-24(18-16-23)12-7-3-5-9-20-27-21-10-6-4-8-13-25-14-11-19-26-22-25/h15-18,22,25-26H,2-14,19-21H2,1H3. The maximum atomic E-state index is 5.80. The number of unbranched alkanes of at least 4 members (excludes halogenated alkanes) is 6. The van der Waals surface area contributed by atoms with Crippen molar-refractivity contribution in [2.24, 2.45) is 5.92 Å². The predicted molar refractivity (Wildman–Crippen MR) is 117 cm³/mol. The van der Waals surface area contributed by atoms with Crippen LogP contribution in [0.1, 0.15) is 88.7 Å². The van der Waals surface area contributed by atoms with Crippen molar-refractivity contribution in [3.8, 4) is 0 Å². The molecule has 1 heterocycles. The highest BCUT2D eigenvalue weighted by Gasteiger charge is 2.12. The van der Waals surface area contributed by atoms with Crippen LogP contribution < -0.4 is 5.32 Å². The summed E-state index contributed by atoms with van der Waals surface area (Å²) in [6.07, 6.45) is 16.9. The monoisotopic (exact) mass is 372 g/mol. The average molecular weight is 373 g/mol. The molecule has 1 unspecified atom stereocenters. The second-order valence-electron chi connectivity index (χ2n) is 8.17. The van der Waals surface area contributed by atoms with Crippen molar-refractivity contribution >= 4 is 0 Å². The maximum Gasteiger partial charge on any atom is 0.0466 e. The van der Waals surface area contributed by atoms with E-state index in [0.717, 1.165) is 25.6 Å². The van der Waals surface area contributed by atoms with E-state index in [-0.39, 0.29) is 0 Å². The molecule has 0 aliphatic carbocycles. The highest BCUT2D eigenvalue weighted by Crippen LogP contribution is 2.20. The quantitative estimate of drug-likeness (QED) is 0.356. The zero-order chi connectivity index (χ0) is 19.0. The second kappa shape index (κ2) is 15.1. The Morgan fingerprint density at radius 1 is 0.852 bits per heavy atom. The first-order chi connectivity index (χ1) is 13.4. The minimum Gasteiger partial charge on any atom is -0.381 e. The SMILES string of the molecule is CCc1ccc(CCCCCCOCCCCCCC2[CH]NCCC2)cc1. The van der Waals surface area contributed by atoms with Gasteiger partial charge in [-0.15, -0.1) is 0 Å². The van der Waals surface area contributed by atoms with E-state index in [1.54, 1.807) is 0 Å². The first-order valence-corrected chi connectivity index (χ1v) is 11.6. The van der Waals surface area contributed by atoms with E-state index in [2.05, 4.69) is 43.1 Å². The van der Waals surface area contributed by atoms with Crippen molar-refractivity contribution in [2.75, 3.05) is 19.8 Å². The third-order valence-corrected chi connectivity index (χ3v) is 5.80. The number of piperidine rings is 1. The van der Waals surface area contributed by atoms with Gasteiger partial charge >= 0.3 is 0 Å². The van der Waals surface area contributed by atoms with E-state index in [1.807, 2.05) is 0 Å². The van der Waals surface area contributed by atoms with Gasteiger partial charge in [0.1, 0.15) is 0 Å². The fourth-order valence-electron chi connectivity index (χ4n) is 3.92. The summed E-state index contributed by atoms with van der Waals surface area (Å²) in [6.45, 7) is 7.64. The van der Waals surface area contributed by atoms with Crippen molar-refractivity contribution in [1.29, 1.82) is 0 Å². The first-order valence-electron chi connectivity index (χ1n) is 11.6. The molecule has 2 rings (SSSR count). The zero-order valence-electron chi connectivity index (χ0n) is 17.7. The first kappa shape index (κ1) is 22.4. The normalized spacial score (nSPS) is 17.3. The maximum absolute atomic E-state index is 5.80. The molecular weight excluding hydrogens is 330 g/mol. The molecule has 1 fully saturated rings. The molecule has 1 aromatic carbocycles. The Morgan fingerprint density at radius 2 is 1.52 bits per heavy atom. The molecule has 2 nitrogen and oxygen atoms in total. The lowest BCUT2D eigenvalue weighted by Gasteiger charge is -2.21. The zero-order valence-corrected chi connectivity index (χ0v) is 17.7. The van der Waals surface area contributed by atoms with Crippen LogP contribution in [0.3, 0.4) is 0 Å². The summed E-state index contributed by atoms with van der Waals surface area (Å²) in [6, 6.07) is 9.14. The molecule has 0 spiro atoms. The minimum atomic E-state index is 0.825. The Labute approximate surface area is 168 Å². The van der Waals surface area contributed by atoms with E-state index in [4.69, 9.17) is 4.74 Å². The van der Waals surface area contributed by atoms with Gasteiger partial charge in [-0.2, -0.15) is 0 Å². The Hall–Kier alpha value is -0.860. The molecule has 0 amide bonds. The summed E-state index contributed by atoms with van der Waals surface area (Å²) in [5.41, 5.74) is 2.93. The number of hydrogen-bond donors (Lipinski definition) is 1. The van der Waals surface area contributed by atoms with Crippen molar-refractivity contribution < 1.29 is 4.74 Å². The summed E-state index contributed by atoms with van der Waals surface area (Å²) in [5.74, 6) is 0.825. The Kier molecular flexibility index (Phi) is 12.6. The molecule has 1 aliphatic heterocycles. The molecule has 1 saturated heterocycles. The van der Waals surface area contributed by atoms with Crippen molar-refractivity contribution in [3.05, 3.63) is 41.9 Å². The van der Waals surface area contributed by atoms with Gasteiger partial charge in [0, 0.05) is 19.8 Å². The van der Waals surface area contributed by atoms with Crippen LogP contribution in [0.15, 0.2) is 24.3 Å². The molecule has 2 heteroatoms. The van der Waals surface area contributed by atoms with E-state index in [1.165, 1.54) is 94.7 Å². The summed E-state index contributed by atoms with van der Waals surface area (Å²) in [4.78, 5) is 0. The van der Waals surface area contributed by atoms with Crippen LogP contribution in [0.25, 0.3) is 0 Å². The summed E-state index contributed by atoms with van der Waals surface area (Å²) in [7, 11) is 0. The average Bonchev–Trinajstić information content (AvgIpc) is 2.72. The molecule has 153 valence electrons. The number of rotatable bonds is 15. The minimum absolute atomic E-state index is 0.825. The van der Waals surface area contributed by atoms with Crippen molar-refractivity contribution in [3.63, 3.8) is 0 Å². The van der Waals surface area contributed by atoms with Gasteiger partial charge in [0.15, 0.2) is 0 Å². The molecule has 1 aromatic rings. The van der Waals surface area contributed by atoms with Crippen LogP contribution in [0.4, 0.5) is 0 Å². The van der Waals surface area contributed by atoms with E-state index >= 15 is 0 Å². The fourth-order valence-corrected chi connectivity index (χ4v) is 3.92. The molecule has 1 N–H and O–H groups in total. The topological polar surface area (TPSA) is 21.3 Å². The van der Waals surface area contributed by atoms with Gasteiger partial charge in [-0.25, -0.2) is 0 Å². The van der Waals surface area contributed by atoms with Gasteiger partial charge in [-0.3, -0.25) is 0 Å². The Morgan fingerprint density at radius 3 is 2.19 bits per heavy atom. The highest BCUT2D eigenvalue weighted by molar-refractivity contribution is 5.22. The summed E-state index contributed by atoms with van der Waals surface area (Å²) >= 11 is 0. The third kappa shape index (κ3) is 10.9. The largest absolute Gasteiger partial charge is 0.381 e. The van der Waals surface area contributed by atoms with Gasteiger partial charge in [0.25, 0.3) is 0 Å². The van der Waals surface area contributed by atoms with E-state index < -0.39 is 0 Å². The molecular formula is C25H42NO. The van der Waals surface area contributed by atoms with Gasteiger partial charge in [-0.05, 0) is 75.0 Å². The number of nitrogens with one attached hydrogen (secondary N) is 1. The Balaban J connectivity index is 1.29. The van der Waals surface area contributed by atoms with E-state index in [9.17, 15) is 0 Å². The summed E-state index contributed by atoms with van der Waals surface area (Å²) < 4.78 is 5.80. The molecule has 1 radical (unpaired) electrons. The molecule has 0 saturated carbocycles. The molecule has 27 heavy (non-hydrogen) atoms. The van der Waals surface area contributed by atoms with Crippen LogP contribution >= 0.6 is 0 Å². The smallest absolute Gasteiger partial charge is 0.0466 e. The van der Waals surface area contributed by atoms with Crippen LogP contribution in [-0.4, -0.2) is 19.8 Å². The van der Waals surface area contributed by atoms with Gasteiger partial charge in [0.05, 0.1) is 0 Å². The van der Waals surface area contributed by atoms with Crippen LogP contribution in [-0.2, 0) is 17.6 Å². The Bertz CT molecular complexity index is 450. The molecule has 1 aliphatic rings. The molecule has 1 atom stereocenters. The number of aryl methyl sites for hydroxylation is 2. The third-order valence-electron chi connectivity index (χ3n) is 5.80. The lowest BCUT2D eigenvalue weighted by Crippen LogP contribution is -2.24. The van der Waals surface area contributed by atoms with Gasteiger partial charge in [0.2, 0.25) is 0 Å². The summed E-state index contributed by atoms with van der Waals surface area (Å²) in [5, 5.41) is 3.40. The highest BCUT2D eigenvalue weighted by atomic mass is 16.5. The van der Waals surface area contributed by atoms with Gasteiger partial charge < -0.3 is 10.1 Å². The number of ether oxygens (including phenoxy) is 1. The fraction of sp³-hybridized carbons (Fsp3) is 0.720.